The average Bonchev–Trinajstić information content (AvgIpc) is 2.75. The SMILES string of the molecule is CCCCOC(=O)c1ccc(NC(=O)[C@@H](C)N(c2ccc(OCC)cc2)S(C)(=O)=O)cc1. The van der Waals surface area contributed by atoms with E-state index in [-0.39, 0.29) is 0 Å². The third-order valence-corrected chi connectivity index (χ3v) is 5.85. The minimum absolute atomic E-state index is 0.351. The molecule has 0 fully saturated rings. The number of carbonyl (C=O) groups excluding carboxylic acids is 2. The van der Waals surface area contributed by atoms with Gasteiger partial charge >= 0.3 is 5.97 Å². The van der Waals surface area contributed by atoms with E-state index in [2.05, 4.69) is 5.32 Å². The Hall–Kier alpha value is -3.07. The lowest BCUT2D eigenvalue weighted by Crippen LogP contribution is -2.45. The van der Waals surface area contributed by atoms with Crippen LogP contribution in [0.5, 0.6) is 5.75 Å². The summed E-state index contributed by atoms with van der Waals surface area (Å²) in [7, 11) is -3.74. The van der Waals surface area contributed by atoms with Crippen molar-refractivity contribution < 1.29 is 27.5 Å². The Balaban J connectivity index is 2.12. The van der Waals surface area contributed by atoms with E-state index < -0.39 is 27.9 Å². The molecule has 0 unspecified atom stereocenters. The molecule has 1 atom stereocenters. The molecule has 2 aromatic carbocycles. The van der Waals surface area contributed by atoms with E-state index in [0.717, 1.165) is 23.4 Å². The maximum atomic E-state index is 12.8. The number of amides is 1. The molecule has 1 amide bonds. The summed E-state index contributed by atoms with van der Waals surface area (Å²) in [6.45, 7) is 6.21. The molecule has 0 heterocycles. The molecule has 0 aliphatic heterocycles. The monoisotopic (exact) mass is 462 g/mol. The normalized spacial score (nSPS) is 12.0. The van der Waals surface area contributed by atoms with Gasteiger partial charge in [-0.05, 0) is 68.8 Å². The van der Waals surface area contributed by atoms with Crippen molar-refractivity contribution in [2.24, 2.45) is 0 Å². The first-order chi connectivity index (χ1) is 15.2. The van der Waals surface area contributed by atoms with E-state index in [9.17, 15) is 18.0 Å². The van der Waals surface area contributed by atoms with Crippen LogP contribution in [-0.4, -0.2) is 45.8 Å². The van der Waals surface area contributed by atoms with Crippen LogP contribution < -0.4 is 14.4 Å². The van der Waals surface area contributed by atoms with Gasteiger partial charge in [-0.25, -0.2) is 13.2 Å². The molecule has 8 nitrogen and oxygen atoms in total. The van der Waals surface area contributed by atoms with Crippen LogP contribution in [0.15, 0.2) is 48.5 Å². The van der Waals surface area contributed by atoms with Gasteiger partial charge in [-0.1, -0.05) is 13.3 Å². The van der Waals surface area contributed by atoms with Gasteiger partial charge in [-0.15, -0.1) is 0 Å². The number of benzene rings is 2. The number of rotatable bonds is 11. The number of nitrogens with one attached hydrogen (secondary N) is 1. The fourth-order valence-electron chi connectivity index (χ4n) is 2.99. The molecule has 0 aliphatic rings. The van der Waals surface area contributed by atoms with Crippen LogP contribution in [0.1, 0.15) is 44.0 Å². The molecule has 2 aromatic rings. The van der Waals surface area contributed by atoms with E-state index in [0.29, 0.717) is 35.9 Å². The van der Waals surface area contributed by atoms with Crippen LogP contribution in [0.4, 0.5) is 11.4 Å². The third-order valence-electron chi connectivity index (χ3n) is 4.61. The Labute approximate surface area is 189 Å². The second-order valence-corrected chi connectivity index (χ2v) is 9.08. The summed E-state index contributed by atoms with van der Waals surface area (Å²) in [5.41, 5.74) is 1.16. The molecule has 9 heteroatoms. The summed E-state index contributed by atoms with van der Waals surface area (Å²) in [6, 6.07) is 11.7. The molecule has 174 valence electrons. The largest absolute Gasteiger partial charge is 0.494 e. The molecule has 2 rings (SSSR count). The predicted molar refractivity (Wildman–Crippen MR) is 125 cm³/mol. The summed E-state index contributed by atoms with van der Waals surface area (Å²) >= 11 is 0. The molecule has 32 heavy (non-hydrogen) atoms. The summed E-state index contributed by atoms with van der Waals surface area (Å²) in [6.07, 6.45) is 2.77. The van der Waals surface area contributed by atoms with Crippen molar-refractivity contribution in [1.82, 2.24) is 0 Å². The zero-order valence-electron chi connectivity index (χ0n) is 18.8. The molecule has 0 saturated heterocycles. The zero-order chi connectivity index (χ0) is 23.7. The van der Waals surface area contributed by atoms with Crippen molar-refractivity contribution in [2.75, 3.05) is 29.1 Å². The van der Waals surface area contributed by atoms with Gasteiger partial charge in [-0.3, -0.25) is 9.10 Å². The van der Waals surface area contributed by atoms with E-state index in [1.807, 2.05) is 13.8 Å². The van der Waals surface area contributed by atoms with Crippen molar-refractivity contribution in [3.05, 3.63) is 54.1 Å². The first-order valence-corrected chi connectivity index (χ1v) is 12.3. The molecule has 0 saturated carbocycles. The van der Waals surface area contributed by atoms with Crippen molar-refractivity contribution in [2.45, 2.75) is 39.7 Å². The van der Waals surface area contributed by atoms with Crippen LogP contribution in [-0.2, 0) is 19.6 Å². The van der Waals surface area contributed by atoms with E-state index in [4.69, 9.17) is 9.47 Å². The second kappa shape index (κ2) is 11.5. The van der Waals surface area contributed by atoms with E-state index in [1.165, 1.54) is 6.92 Å². The van der Waals surface area contributed by atoms with Crippen LogP contribution in [0, 0.1) is 0 Å². The standard InChI is InChI=1S/C23H30N2O6S/c1-5-7-16-31-23(27)18-8-10-19(11-9-18)24-22(26)17(3)25(32(4,28)29)20-12-14-21(15-13-20)30-6-2/h8-15,17H,5-7,16H2,1-4H3,(H,24,26)/t17-/m1/s1. The lowest BCUT2D eigenvalue weighted by molar-refractivity contribution is -0.116. The highest BCUT2D eigenvalue weighted by Gasteiger charge is 2.29. The zero-order valence-corrected chi connectivity index (χ0v) is 19.6. The number of esters is 1. The van der Waals surface area contributed by atoms with Gasteiger partial charge in [0.15, 0.2) is 0 Å². The van der Waals surface area contributed by atoms with Gasteiger partial charge in [0.1, 0.15) is 11.8 Å². The molecular formula is C23H30N2O6S. The number of hydrogen-bond donors (Lipinski definition) is 1. The molecule has 1 N–H and O–H groups in total. The fourth-order valence-corrected chi connectivity index (χ4v) is 4.17. The van der Waals surface area contributed by atoms with Gasteiger partial charge < -0.3 is 14.8 Å². The highest BCUT2D eigenvalue weighted by Crippen LogP contribution is 2.24. The van der Waals surface area contributed by atoms with Gasteiger partial charge in [0, 0.05) is 5.69 Å². The number of carbonyl (C=O) groups is 2. The number of hydrogen-bond acceptors (Lipinski definition) is 6. The van der Waals surface area contributed by atoms with Crippen LogP contribution in [0.3, 0.4) is 0 Å². The van der Waals surface area contributed by atoms with Crippen LogP contribution >= 0.6 is 0 Å². The third kappa shape index (κ3) is 6.98. The quantitative estimate of drug-likeness (QED) is 0.402. The van der Waals surface area contributed by atoms with Gasteiger partial charge in [0.05, 0.1) is 30.7 Å². The molecule has 0 bridgehead atoms. The van der Waals surface area contributed by atoms with Crippen molar-refractivity contribution >= 4 is 33.3 Å². The van der Waals surface area contributed by atoms with Crippen LogP contribution in [0.25, 0.3) is 0 Å². The van der Waals surface area contributed by atoms with E-state index in [1.54, 1.807) is 48.5 Å². The maximum Gasteiger partial charge on any atom is 0.338 e. The number of unbranched alkanes of at least 4 members (excludes halogenated alkanes) is 1. The summed E-state index contributed by atoms with van der Waals surface area (Å²) in [5, 5.41) is 2.69. The van der Waals surface area contributed by atoms with Crippen LogP contribution in [0.2, 0.25) is 0 Å². The summed E-state index contributed by atoms with van der Waals surface area (Å²) in [5.74, 6) is -0.332. The Morgan fingerprint density at radius 3 is 2.19 bits per heavy atom. The van der Waals surface area contributed by atoms with Gasteiger partial charge in [0.25, 0.3) is 0 Å². The number of ether oxygens (including phenoxy) is 2. The average molecular weight is 463 g/mol. The maximum absolute atomic E-state index is 12.8. The number of sulfonamides is 1. The second-order valence-electron chi connectivity index (χ2n) is 7.22. The topological polar surface area (TPSA) is 102 Å². The van der Waals surface area contributed by atoms with Crippen molar-refractivity contribution in [3.63, 3.8) is 0 Å². The predicted octanol–water partition coefficient (Wildman–Crippen LogP) is 3.84. The summed E-state index contributed by atoms with van der Waals surface area (Å²) < 4.78 is 36.5. The fraction of sp³-hybridized carbons (Fsp3) is 0.391. The smallest absolute Gasteiger partial charge is 0.338 e. The molecule has 0 aliphatic carbocycles. The molecule has 0 aromatic heterocycles. The lowest BCUT2D eigenvalue weighted by Gasteiger charge is -2.28. The van der Waals surface area contributed by atoms with E-state index >= 15 is 0 Å². The highest BCUT2D eigenvalue weighted by molar-refractivity contribution is 7.92. The molecule has 0 spiro atoms. The first-order valence-electron chi connectivity index (χ1n) is 10.5. The minimum Gasteiger partial charge on any atom is -0.494 e. The van der Waals surface area contributed by atoms with Crippen molar-refractivity contribution in [1.29, 1.82) is 0 Å². The lowest BCUT2D eigenvalue weighted by atomic mass is 10.2. The summed E-state index contributed by atoms with van der Waals surface area (Å²) in [4.78, 5) is 24.8. The molecular weight excluding hydrogens is 432 g/mol. The highest BCUT2D eigenvalue weighted by atomic mass is 32.2. The Bertz CT molecular complexity index is 1000. The number of anilines is 2. The Morgan fingerprint density at radius 2 is 1.66 bits per heavy atom. The Kier molecular flexibility index (Phi) is 9.07. The van der Waals surface area contributed by atoms with Gasteiger partial charge in [-0.2, -0.15) is 0 Å². The van der Waals surface area contributed by atoms with Crippen molar-refractivity contribution in [3.8, 4) is 5.75 Å². The number of nitrogens with zero attached hydrogens (tertiary/aromatic N) is 1. The van der Waals surface area contributed by atoms with Gasteiger partial charge in [0.2, 0.25) is 15.9 Å². The minimum atomic E-state index is -3.74. The Morgan fingerprint density at radius 1 is 1.03 bits per heavy atom. The molecule has 0 radical (unpaired) electrons. The first kappa shape index (κ1) is 25.2.